The van der Waals surface area contributed by atoms with Crippen LogP contribution >= 0.6 is 0 Å². The van der Waals surface area contributed by atoms with Crippen molar-refractivity contribution in [1.82, 2.24) is 4.90 Å². The van der Waals surface area contributed by atoms with Crippen LogP contribution in [0.5, 0.6) is 0 Å². The number of carbonyl (C=O) groups excluding carboxylic acids is 1. The van der Waals surface area contributed by atoms with E-state index in [0.29, 0.717) is 25.1 Å². The summed E-state index contributed by atoms with van der Waals surface area (Å²) in [5.41, 5.74) is 1.42. The monoisotopic (exact) mass is 434 g/mol. The maximum atomic E-state index is 12.9. The number of rotatable bonds is 4. The van der Waals surface area contributed by atoms with Crippen molar-refractivity contribution in [2.24, 2.45) is 0 Å². The predicted octanol–water partition coefficient (Wildman–Crippen LogP) is 6.11. The van der Waals surface area contributed by atoms with E-state index in [4.69, 9.17) is 4.74 Å². The predicted molar refractivity (Wildman–Crippen MR) is 115 cm³/mol. The second kappa shape index (κ2) is 9.20. The van der Waals surface area contributed by atoms with Crippen LogP contribution in [-0.2, 0) is 17.3 Å². The van der Waals surface area contributed by atoms with Crippen LogP contribution < -0.4 is 5.32 Å². The third-order valence-corrected chi connectivity index (χ3v) is 5.13. The quantitative estimate of drug-likeness (QED) is 0.632. The van der Waals surface area contributed by atoms with Crippen LogP contribution in [0.1, 0.15) is 50.3 Å². The molecule has 0 saturated carbocycles. The Bertz CT molecular complexity index is 881. The third-order valence-electron chi connectivity index (χ3n) is 5.13. The molecule has 31 heavy (non-hydrogen) atoms. The van der Waals surface area contributed by atoms with E-state index in [-0.39, 0.29) is 12.1 Å². The van der Waals surface area contributed by atoms with Gasteiger partial charge in [0.15, 0.2) is 0 Å². The van der Waals surface area contributed by atoms with Gasteiger partial charge in [-0.2, -0.15) is 13.2 Å². The lowest BCUT2D eigenvalue weighted by molar-refractivity contribution is -0.137. The molecule has 2 aromatic carbocycles. The highest BCUT2D eigenvalue weighted by molar-refractivity contribution is 5.68. The molecule has 1 N–H and O–H groups in total. The van der Waals surface area contributed by atoms with Crippen molar-refractivity contribution in [2.45, 2.75) is 57.9 Å². The van der Waals surface area contributed by atoms with E-state index < -0.39 is 17.3 Å². The van der Waals surface area contributed by atoms with Crippen LogP contribution in [0.4, 0.5) is 23.7 Å². The number of hydrogen-bond acceptors (Lipinski definition) is 3. The molecule has 0 bridgehead atoms. The van der Waals surface area contributed by atoms with Gasteiger partial charge in [-0.1, -0.05) is 30.3 Å². The van der Waals surface area contributed by atoms with Crippen LogP contribution in [-0.4, -0.2) is 35.7 Å². The minimum Gasteiger partial charge on any atom is -0.444 e. The molecule has 0 spiro atoms. The molecular formula is C24H29F3N2O2. The first-order chi connectivity index (χ1) is 14.5. The SMILES string of the molecule is CC(C)(C)OC(=O)N1CCC(Nc2ccc(Cc3cccc(C(F)(F)F)c3)cc2)CC1. The number of likely N-dealkylation sites (tertiary alicyclic amines) is 1. The van der Waals surface area contributed by atoms with Crippen molar-refractivity contribution in [1.29, 1.82) is 0 Å². The number of nitrogens with zero attached hydrogens (tertiary/aromatic N) is 1. The molecule has 1 amide bonds. The lowest BCUT2D eigenvalue weighted by Gasteiger charge is -2.34. The summed E-state index contributed by atoms with van der Waals surface area (Å²) in [4.78, 5) is 13.9. The summed E-state index contributed by atoms with van der Waals surface area (Å²) in [6, 6.07) is 13.4. The van der Waals surface area contributed by atoms with Crippen LogP contribution in [0.2, 0.25) is 0 Å². The molecule has 1 aliphatic rings. The number of alkyl halides is 3. The fourth-order valence-corrected chi connectivity index (χ4v) is 3.58. The fraction of sp³-hybridized carbons (Fsp3) is 0.458. The molecule has 2 aromatic rings. The van der Waals surface area contributed by atoms with Crippen molar-refractivity contribution in [3.63, 3.8) is 0 Å². The minimum absolute atomic E-state index is 0.257. The van der Waals surface area contributed by atoms with Gasteiger partial charge in [0.1, 0.15) is 5.60 Å². The van der Waals surface area contributed by atoms with E-state index >= 15 is 0 Å². The Hall–Kier alpha value is -2.70. The number of carbonyl (C=O) groups is 1. The summed E-state index contributed by atoms with van der Waals surface area (Å²) in [7, 11) is 0. The molecule has 1 heterocycles. The Kier molecular flexibility index (Phi) is 6.82. The molecule has 0 aliphatic carbocycles. The normalized spacial score (nSPS) is 15.6. The number of hydrogen-bond donors (Lipinski definition) is 1. The molecule has 1 fully saturated rings. The van der Waals surface area contributed by atoms with Gasteiger partial charge in [0.25, 0.3) is 0 Å². The zero-order valence-electron chi connectivity index (χ0n) is 18.1. The first-order valence-corrected chi connectivity index (χ1v) is 10.5. The summed E-state index contributed by atoms with van der Waals surface area (Å²) >= 11 is 0. The molecule has 3 rings (SSSR count). The van der Waals surface area contributed by atoms with Crippen LogP contribution in [0.3, 0.4) is 0 Å². The Balaban J connectivity index is 1.51. The van der Waals surface area contributed by atoms with Gasteiger partial charge < -0.3 is 15.0 Å². The maximum Gasteiger partial charge on any atom is 0.416 e. The van der Waals surface area contributed by atoms with Crippen LogP contribution in [0.25, 0.3) is 0 Å². The number of ether oxygens (including phenoxy) is 1. The van der Waals surface area contributed by atoms with E-state index in [9.17, 15) is 18.0 Å². The van der Waals surface area contributed by atoms with Gasteiger partial charge in [-0.15, -0.1) is 0 Å². The first-order valence-electron chi connectivity index (χ1n) is 10.5. The highest BCUT2D eigenvalue weighted by Gasteiger charge is 2.30. The first kappa shape index (κ1) is 23.0. The van der Waals surface area contributed by atoms with E-state index in [2.05, 4.69) is 5.32 Å². The van der Waals surface area contributed by atoms with Crippen molar-refractivity contribution >= 4 is 11.8 Å². The lowest BCUT2D eigenvalue weighted by Crippen LogP contribution is -2.44. The Labute approximate surface area is 181 Å². The molecule has 0 atom stereocenters. The summed E-state index contributed by atoms with van der Waals surface area (Å²) in [5.74, 6) is 0. The number of halogens is 3. The maximum absolute atomic E-state index is 12.9. The molecule has 7 heteroatoms. The molecule has 4 nitrogen and oxygen atoms in total. The average molecular weight is 435 g/mol. The van der Waals surface area contributed by atoms with Crippen molar-refractivity contribution in [3.8, 4) is 0 Å². The lowest BCUT2D eigenvalue weighted by atomic mass is 10.0. The van der Waals surface area contributed by atoms with Gasteiger partial charge in [0.2, 0.25) is 0 Å². The molecule has 168 valence electrons. The number of anilines is 1. The molecule has 1 saturated heterocycles. The highest BCUT2D eigenvalue weighted by atomic mass is 19.4. The van der Waals surface area contributed by atoms with Gasteiger partial charge in [-0.25, -0.2) is 4.79 Å². The smallest absolute Gasteiger partial charge is 0.416 e. The molecule has 0 aromatic heterocycles. The van der Waals surface area contributed by atoms with Gasteiger partial charge in [-0.3, -0.25) is 0 Å². The number of amides is 1. The number of benzene rings is 2. The van der Waals surface area contributed by atoms with E-state index in [1.807, 2.05) is 45.0 Å². The van der Waals surface area contributed by atoms with Crippen molar-refractivity contribution in [3.05, 3.63) is 65.2 Å². The largest absolute Gasteiger partial charge is 0.444 e. The average Bonchev–Trinajstić information content (AvgIpc) is 2.68. The van der Waals surface area contributed by atoms with E-state index in [1.165, 1.54) is 12.1 Å². The van der Waals surface area contributed by atoms with Crippen LogP contribution in [0.15, 0.2) is 48.5 Å². The van der Waals surface area contributed by atoms with Crippen molar-refractivity contribution < 1.29 is 22.7 Å². The van der Waals surface area contributed by atoms with Gasteiger partial charge in [-0.05, 0) is 69.4 Å². The van der Waals surface area contributed by atoms with Crippen LogP contribution in [0, 0.1) is 0 Å². The topological polar surface area (TPSA) is 41.6 Å². The zero-order chi connectivity index (χ0) is 22.6. The minimum atomic E-state index is -4.33. The second-order valence-electron chi connectivity index (χ2n) is 8.96. The Morgan fingerprint density at radius 2 is 1.68 bits per heavy atom. The number of nitrogens with one attached hydrogen (secondary N) is 1. The summed E-state index contributed by atoms with van der Waals surface area (Å²) in [6.07, 6.45) is -2.51. The van der Waals surface area contributed by atoms with Gasteiger partial charge >= 0.3 is 12.3 Å². The fourth-order valence-electron chi connectivity index (χ4n) is 3.58. The summed E-state index contributed by atoms with van der Waals surface area (Å²) in [6.45, 7) is 6.85. The second-order valence-corrected chi connectivity index (χ2v) is 8.96. The Morgan fingerprint density at radius 1 is 1.03 bits per heavy atom. The van der Waals surface area contributed by atoms with Gasteiger partial charge in [0, 0.05) is 24.8 Å². The van der Waals surface area contributed by atoms with Gasteiger partial charge in [0.05, 0.1) is 5.56 Å². The van der Waals surface area contributed by atoms with E-state index in [1.54, 1.807) is 11.0 Å². The van der Waals surface area contributed by atoms with Crippen molar-refractivity contribution in [2.75, 3.05) is 18.4 Å². The standard InChI is InChI=1S/C24H29F3N2O2/c1-23(2,3)31-22(30)29-13-11-21(12-14-29)28-20-9-7-17(8-10-20)15-18-5-4-6-19(16-18)24(25,26)27/h4-10,16,21,28H,11-15H2,1-3H3. The summed E-state index contributed by atoms with van der Waals surface area (Å²) in [5, 5.41) is 3.48. The highest BCUT2D eigenvalue weighted by Crippen LogP contribution is 2.30. The third kappa shape index (κ3) is 6.91. The summed E-state index contributed by atoms with van der Waals surface area (Å²) < 4.78 is 44.1. The molecule has 1 aliphatic heterocycles. The van der Waals surface area contributed by atoms with E-state index in [0.717, 1.165) is 30.2 Å². The molecular weight excluding hydrogens is 405 g/mol. The molecule has 0 unspecified atom stereocenters. The zero-order valence-corrected chi connectivity index (χ0v) is 18.1. The number of piperidine rings is 1. The Morgan fingerprint density at radius 3 is 2.26 bits per heavy atom. The molecule has 0 radical (unpaired) electrons.